The summed E-state index contributed by atoms with van der Waals surface area (Å²) < 4.78 is 5.11. The normalized spacial score (nSPS) is 17.3. The zero-order chi connectivity index (χ0) is 18.0. The fraction of sp³-hybridized carbons (Fsp3) is 0.368. The molecule has 6 heteroatoms. The van der Waals surface area contributed by atoms with Crippen molar-refractivity contribution < 1.29 is 9.32 Å². The van der Waals surface area contributed by atoms with Crippen LogP contribution in [0, 0.1) is 6.92 Å². The van der Waals surface area contributed by atoms with E-state index in [0.717, 1.165) is 17.9 Å². The Bertz CT molecular complexity index is 809. The largest absolute Gasteiger partial charge is 0.361 e. The van der Waals surface area contributed by atoms with Gasteiger partial charge < -0.3 is 14.8 Å². The predicted molar refractivity (Wildman–Crippen MR) is 95.4 cm³/mol. The van der Waals surface area contributed by atoms with E-state index in [2.05, 4.69) is 40.0 Å². The minimum absolute atomic E-state index is 0.0190. The van der Waals surface area contributed by atoms with Crippen molar-refractivity contribution in [2.24, 2.45) is 0 Å². The number of hydrazine groups is 1. The number of nitrogens with zero attached hydrogens (tertiary/aromatic N) is 2. The SMILES string of the molecule is CCc1cc(C(=O)NC2=C(C)N(Cc3ccccc3C)N[C@@H]2C)no1. The molecule has 0 fully saturated rings. The quantitative estimate of drug-likeness (QED) is 0.876. The summed E-state index contributed by atoms with van der Waals surface area (Å²) in [5, 5.41) is 8.88. The molecule has 0 saturated carbocycles. The third-order valence-electron chi connectivity index (χ3n) is 4.56. The lowest BCUT2D eigenvalue weighted by atomic mass is 10.1. The van der Waals surface area contributed by atoms with Crippen LogP contribution in [0.5, 0.6) is 0 Å². The van der Waals surface area contributed by atoms with E-state index in [1.165, 1.54) is 11.1 Å². The fourth-order valence-electron chi connectivity index (χ4n) is 2.95. The van der Waals surface area contributed by atoms with Crippen molar-refractivity contribution in [2.75, 3.05) is 0 Å². The summed E-state index contributed by atoms with van der Waals surface area (Å²) in [5.41, 5.74) is 8.07. The maximum Gasteiger partial charge on any atom is 0.277 e. The Kier molecular flexibility index (Phi) is 4.90. The second-order valence-corrected chi connectivity index (χ2v) is 6.35. The molecule has 25 heavy (non-hydrogen) atoms. The second-order valence-electron chi connectivity index (χ2n) is 6.35. The number of carbonyl (C=O) groups excluding carboxylic acids is 1. The molecule has 2 N–H and O–H groups in total. The first kappa shape index (κ1) is 17.2. The van der Waals surface area contributed by atoms with Gasteiger partial charge in [-0.3, -0.25) is 4.79 Å². The third-order valence-corrected chi connectivity index (χ3v) is 4.56. The average Bonchev–Trinajstić information content (AvgIpc) is 3.18. The Balaban J connectivity index is 1.74. The Labute approximate surface area is 147 Å². The number of aromatic nitrogens is 1. The summed E-state index contributed by atoms with van der Waals surface area (Å²) >= 11 is 0. The number of amides is 1. The Hall–Kier alpha value is -2.60. The summed E-state index contributed by atoms with van der Waals surface area (Å²) in [6, 6.07) is 10.0. The number of rotatable bonds is 5. The summed E-state index contributed by atoms with van der Waals surface area (Å²) in [7, 11) is 0. The molecule has 1 aromatic carbocycles. The van der Waals surface area contributed by atoms with E-state index >= 15 is 0 Å². The van der Waals surface area contributed by atoms with Crippen LogP contribution in [-0.2, 0) is 13.0 Å². The number of benzene rings is 1. The average molecular weight is 340 g/mol. The molecule has 1 aromatic heterocycles. The number of carbonyl (C=O) groups is 1. The highest BCUT2D eigenvalue weighted by Crippen LogP contribution is 2.22. The van der Waals surface area contributed by atoms with E-state index in [1.807, 2.05) is 32.9 Å². The topological polar surface area (TPSA) is 70.4 Å². The first-order valence-electron chi connectivity index (χ1n) is 8.55. The van der Waals surface area contributed by atoms with Crippen LogP contribution in [0.4, 0.5) is 0 Å². The van der Waals surface area contributed by atoms with E-state index in [1.54, 1.807) is 6.07 Å². The summed E-state index contributed by atoms with van der Waals surface area (Å²) in [4.78, 5) is 12.4. The Morgan fingerprint density at radius 1 is 1.36 bits per heavy atom. The first-order valence-corrected chi connectivity index (χ1v) is 8.55. The molecule has 1 aliphatic rings. The summed E-state index contributed by atoms with van der Waals surface area (Å²) in [5.74, 6) is 0.457. The number of allylic oxidation sites excluding steroid dienone is 1. The van der Waals surface area contributed by atoms with Crippen LogP contribution in [0.3, 0.4) is 0 Å². The highest BCUT2D eigenvalue weighted by Gasteiger charge is 2.28. The second kappa shape index (κ2) is 7.11. The molecule has 2 aromatic rings. The molecule has 0 bridgehead atoms. The standard InChI is InChI=1S/C19H24N4O2/c1-5-16-10-17(22-25-16)19(24)20-18-13(3)21-23(14(18)4)11-15-9-7-6-8-12(15)2/h6-10,13,21H,5,11H2,1-4H3,(H,20,24)/t13-/m1/s1. The van der Waals surface area contributed by atoms with Gasteiger partial charge in [0.05, 0.1) is 18.3 Å². The van der Waals surface area contributed by atoms with E-state index < -0.39 is 0 Å². The molecular formula is C19H24N4O2. The monoisotopic (exact) mass is 340 g/mol. The molecule has 2 heterocycles. The van der Waals surface area contributed by atoms with Crippen molar-refractivity contribution in [3.05, 3.63) is 64.3 Å². The number of hydrogen-bond acceptors (Lipinski definition) is 5. The van der Waals surface area contributed by atoms with Gasteiger partial charge in [-0.15, -0.1) is 0 Å². The van der Waals surface area contributed by atoms with Gasteiger partial charge in [0.2, 0.25) is 0 Å². The van der Waals surface area contributed by atoms with Crippen LogP contribution in [-0.4, -0.2) is 22.1 Å². The molecular weight excluding hydrogens is 316 g/mol. The molecule has 3 rings (SSSR count). The van der Waals surface area contributed by atoms with Gasteiger partial charge in [0, 0.05) is 18.2 Å². The maximum atomic E-state index is 12.4. The Morgan fingerprint density at radius 2 is 2.12 bits per heavy atom. The molecule has 0 aliphatic carbocycles. The first-order chi connectivity index (χ1) is 12.0. The third kappa shape index (κ3) is 3.58. The lowest BCUT2D eigenvalue weighted by Crippen LogP contribution is -2.37. The van der Waals surface area contributed by atoms with Crippen LogP contribution < -0.4 is 10.7 Å². The summed E-state index contributed by atoms with van der Waals surface area (Å²) in [6.07, 6.45) is 0.712. The van der Waals surface area contributed by atoms with Gasteiger partial charge in [-0.05, 0) is 31.9 Å². The number of hydrogen-bond donors (Lipinski definition) is 2. The fourth-order valence-corrected chi connectivity index (χ4v) is 2.95. The van der Waals surface area contributed by atoms with Gasteiger partial charge in [0.15, 0.2) is 5.69 Å². The van der Waals surface area contributed by atoms with E-state index in [-0.39, 0.29) is 11.9 Å². The maximum absolute atomic E-state index is 12.4. The van der Waals surface area contributed by atoms with E-state index in [0.29, 0.717) is 17.9 Å². The molecule has 1 aliphatic heterocycles. The van der Waals surface area contributed by atoms with Crippen molar-refractivity contribution in [3.63, 3.8) is 0 Å². The van der Waals surface area contributed by atoms with E-state index in [9.17, 15) is 4.79 Å². The van der Waals surface area contributed by atoms with Crippen LogP contribution in [0.25, 0.3) is 0 Å². The van der Waals surface area contributed by atoms with Gasteiger partial charge in [-0.25, -0.2) is 5.43 Å². The molecule has 0 unspecified atom stereocenters. The predicted octanol–water partition coefficient (Wildman–Crippen LogP) is 2.92. The van der Waals surface area contributed by atoms with Crippen molar-refractivity contribution in [1.29, 1.82) is 0 Å². The van der Waals surface area contributed by atoms with E-state index in [4.69, 9.17) is 4.52 Å². The van der Waals surface area contributed by atoms with Crippen molar-refractivity contribution in [2.45, 2.75) is 46.7 Å². The van der Waals surface area contributed by atoms with Crippen LogP contribution in [0.1, 0.15) is 48.1 Å². The minimum Gasteiger partial charge on any atom is -0.361 e. The van der Waals surface area contributed by atoms with Gasteiger partial charge in [-0.2, -0.15) is 0 Å². The lowest BCUT2D eigenvalue weighted by Gasteiger charge is -2.22. The molecule has 0 spiro atoms. The van der Waals surface area contributed by atoms with Crippen molar-refractivity contribution in [3.8, 4) is 0 Å². The highest BCUT2D eigenvalue weighted by molar-refractivity contribution is 5.93. The Morgan fingerprint density at radius 3 is 2.80 bits per heavy atom. The van der Waals surface area contributed by atoms with Crippen molar-refractivity contribution in [1.82, 2.24) is 20.9 Å². The number of nitrogens with one attached hydrogen (secondary N) is 2. The zero-order valence-corrected chi connectivity index (χ0v) is 15.1. The lowest BCUT2D eigenvalue weighted by molar-refractivity contribution is 0.0954. The van der Waals surface area contributed by atoms with Crippen LogP contribution in [0.15, 0.2) is 46.2 Å². The molecule has 1 atom stereocenters. The smallest absolute Gasteiger partial charge is 0.277 e. The van der Waals surface area contributed by atoms with Gasteiger partial charge in [-0.1, -0.05) is 36.3 Å². The molecule has 0 radical (unpaired) electrons. The minimum atomic E-state index is -0.246. The van der Waals surface area contributed by atoms with Crippen LogP contribution in [0.2, 0.25) is 0 Å². The summed E-state index contributed by atoms with van der Waals surface area (Å²) in [6.45, 7) is 8.84. The molecule has 0 saturated heterocycles. The molecule has 132 valence electrons. The zero-order valence-electron chi connectivity index (χ0n) is 15.1. The molecule has 6 nitrogen and oxygen atoms in total. The number of aryl methyl sites for hydroxylation is 2. The van der Waals surface area contributed by atoms with Gasteiger partial charge in [0.25, 0.3) is 5.91 Å². The van der Waals surface area contributed by atoms with Crippen LogP contribution >= 0.6 is 0 Å². The van der Waals surface area contributed by atoms with Gasteiger partial charge >= 0.3 is 0 Å². The highest BCUT2D eigenvalue weighted by atomic mass is 16.5. The van der Waals surface area contributed by atoms with Gasteiger partial charge in [0.1, 0.15) is 5.76 Å². The van der Waals surface area contributed by atoms with Crippen molar-refractivity contribution >= 4 is 5.91 Å². The molecule has 1 amide bonds.